The van der Waals surface area contributed by atoms with Crippen molar-refractivity contribution >= 4 is 0 Å². The molecule has 0 radical (unpaired) electrons. The van der Waals surface area contributed by atoms with E-state index in [4.69, 9.17) is 0 Å². The van der Waals surface area contributed by atoms with Gasteiger partial charge >= 0.3 is 0 Å². The number of hydrogen-bond donors (Lipinski definition) is 1. The van der Waals surface area contributed by atoms with Crippen molar-refractivity contribution in [2.45, 2.75) is 38.6 Å². The van der Waals surface area contributed by atoms with E-state index in [1.165, 1.54) is 63.0 Å². The minimum atomic E-state index is 0.764. The van der Waals surface area contributed by atoms with E-state index in [-0.39, 0.29) is 0 Å². The maximum absolute atomic E-state index is 3.74. The average Bonchev–Trinajstić information content (AvgIpc) is 3.23. The third-order valence-corrected chi connectivity index (χ3v) is 4.50. The number of benzene rings is 1. The molecule has 1 aromatic rings. The molecule has 1 aliphatic heterocycles. The van der Waals surface area contributed by atoms with E-state index in [1.54, 1.807) is 0 Å². The first-order valence-corrected chi connectivity index (χ1v) is 7.82. The molecule has 1 unspecified atom stereocenters. The monoisotopic (exact) mass is 258 g/mol. The highest BCUT2D eigenvalue weighted by Gasteiger charge is 2.32. The highest BCUT2D eigenvalue weighted by Crippen LogP contribution is 2.33. The van der Waals surface area contributed by atoms with E-state index >= 15 is 0 Å². The molecule has 0 bridgehead atoms. The first-order chi connectivity index (χ1) is 9.31. The summed E-state index contributed by atoms with van der Waals surface area (Å²) in [7, 11) is 0. The molecule has 2 fully saturated rings. The summed E-state index contributed by atoms with van der Waals surface area (Å²) < 4.78 is 0. The van der Waals surface area contributed by atoms with Crippen molar-refractivity contribution < 1.29 is 0 Å². The van der Waals surface area contributed by atoms with Gasteiger partial charge in [0.25, 0.3) is 0 Å². The second-order valence-corrected chi connectivity index (χ2v) is 6.29. The van der Waals surface area contributed by atoms with Gasteiger partial charge in [-0.1, -0.05) is 29.8 Å². The maximum Gasteiger partial charge on any atom is 0.0223 e. The molecule has 0 amide bonds. The predicted octanol–water partition coefficient (Wildman–Crippen LogP) is 2.61. The van der Waals surface area contributed by atoms with Crippen molar-refractivity contribution in [1.82, 2.24) is 10.2 Å². The fraction of sp³-hybridized carbons (Fsp3) is 0.647. The van der Waals surface area contributed by atoms with Crippen LogP contribution in [-0.4, -0.2) is 37.1 Å². The third-order valence-electron chi connectivity index (χ3n) is 4.50. The highest BCUT2D eigenvalue weighted by molar-refractivity contribution is 5.22. The minimum Gasteiger partial charge on any atom is -0.312 e. The molecule has 1 aromatic carbocycles. The predicted molar refractivity (Wildman–Crippen MR) is 80.5 cm³/mol. The number of rotatable bonds is 4. The second-order valence-electron chi connectivity index (χ2n) is 6.29. The van der Waals surface area contributed by atoms with Gasteiger partial charge in [0, 0.05) is 19.1 Å². The number of hydrogen-bond acceptors (Lipinski definition) is 2. The van der Waals surface area contributed by atoms with Crippen molar-refractivity contribution in [2.24, 2.45) is 5.92 Å². The van der Waals surface area contributed by atoms with Gasteiger partial charge < -0.3 is 10.2 Å². The van der Waals surface area contributed by atoms with Gasteiger partial charge in [-0.2, -0.15) is 0 Å². The summed E-state index contributed by atoms with van der Waals surface area (Å²) in [6, 6.07) is 9.72. The van der Waals surface area contributed by atoms with Crippen LogP contribution in [0, 0.1) is 12.8 Å². The van der Waals surface area contributed by atoms with Crippen molar-refractivity contribution in [2.75, 3.05) is 26.2 Å². The Morgan fingerprint density at radius 3 is 3.00 bits per heavy atom. The molecule has 1 saturated carbocycles. The molecule has 2 nitrogen and oxygen atoms in total. The standard InChI is InChI=1S/C17H26N2/c1-14-4-2-5-15(12-14)8-11-19-10-3-9-18-17(13-19)16-6-7-16/h2,4-5,12,16-18H,3,6-11,13H2,1H3. The van der Waals surface area contributed by atoms with Crippen LogP contribution >= 0.6 is 0 Å². The first-order valence-electron chi connectivity index (χ1n) is 7.82. The van der Waals surface area contributed by atoms with Gasteiger partial charge in [0.2, 0.25) is 0 Å². The summed E-state index contributed by atoms with van der Waals surface area (Å²) in [5, 5.41) is 3.74. The molecule has 0 aromatic heterocycles. The zero-order valence-electron chi connectivity index (χ0n) is 12.1. The average molecular weight is 258 g/mol. The topological polar surface area (TPSA) is 15.3 Å². The smallest absolute Gasteiger partial charge is 0.0223 e. The maximum atomic E-state index is 3.74. The van der Waals surface area contributed by atoms with Crippen LogP contribution in [0.15, 0.2) is 24.3 Å². The minimum absolute atomic E-state index is 0.764. The summed E-state index contributed by atoms with van der Waals surface area (Å²) in [4.78, 5) is 2.67. The summed E-state index contributed by atoms with van der Waals surface area (Å²) >= 11 is 0. The SMILES string of the molecule is Cc1cccc(CCN2CCCNC(C3CC3)C2)c1. The van der Waals surface area contributed by atoms with Crippen molar-refractivity contribution in [1.29, 1.82) is 0 Å². The van der Waals surface area contributed by atoms with E-state index in [1.807, 2.05) is 0 Å². The molecule has 1 heterocycles. The Balaban J connectivity index is 1.53. The molecule has 104 valence electrons. The molecule has 1 saturated heterocycles. The quantitative estimate of drug-likeness (QED) is 0.893. The Kier molecular flexibility index (Phi) is 4.19. The Labute approximate surface area is 117 Å². The molecule has 0 spiro atoms. The summed E-state index contributed by atoms with van der Waals surface area (Å²) in [5.41, 5.74) is 2.87. The molecule has 1 N–H and O–H groups in total. The molecule has 19 heavy (non-hydrogen) atoms. The lowest BCUT2D eigenvalue weighted by molar-refractivity contribution is 0.261. The van der Waals surface area contributed by atoms with Crippen molar-refractivity contribution in [3.8, 4) is 0 Å². The molecule has 3 rings (SSSR count). The van der Waals surface area contributed by atoms with E-state index < -0.39 is 0 Å². The van der Waals surface area contributed by atoms with E-state index in [2.05, 4.69) is 41.4 Å². The Morgan fingerprint density at radius 2 is 2.21 bits per heavy atom. The van der Waals surface area contributed by atoms with Gasteiger partial charge in [-0.15, -0.1) is 0 Å². The van der Waals surface area contributed by atoms with Gasteiger partial charge in [-0.25, -0.2) is 0 Å². The lowest BCUT2D eigenvalue weighted by Gasteiger charge is -2.24. The van der Waals surface area contributed by atoms with E-state index in [0.29, 0.717) is 0 Å². The Morgan fingerprint density at radius 1 is 1.32 bits per heavy atom. The second kappa shape index (κ2) is 6.06. The number of nitrogens with one attached hydrogen (secondary N) is 1. The fourth-order valence-electron chi connectivity index (χ4n) is 3.20. The zero-order valence-corrected chi connectivity index (χ0v) is 12.1. The van der Waals surface area contributed by atoms with Crippen LogP contribution in [0.2, 0.25) is 0 Å². The van der Waals surface area contributed by atoms with Crippen molar-refractivity contribution in [3.63, 3.8) is 0 Å². The van der Waals surface area contributed by atoms with Crippen LogP contribution in [0.4, 0.5) is 0 Å². The summed E-state index contributed by atoms with van der Waals surface area (Å²) in [6.07, 6.45) is 5.39. The highest BCUT2D eigenvalue weighted by atomic mass is 15.2. The van der Waals surface area contributed by atoms with E-state index in [9.17, 15) is 0 Å². The van der Waals surface area contributed by atoms with Crippen LogP contribution in [0.5, 0.6) is 0 Å². The Bertz CT molecular complexity index is 411. The van der Waals surface area contributed by atoms with Crippen LogP contribution in [0.1, 0.15) is 30.4 Å². The van der Waals surface area contributed by atoms with Gasteiger partial charge in [-0.05, 0) is 57.2 Å². The van der Waals surface area contributed by atoms with Gasteiger partial charge in [0.05, 0.1) is 0 Å². The lowest BCUT2D eigenvalue weighted by atomic mass is 10.1. The molecule has 2 aliphatic rings. The first kappa shape index (κ1) is 13.1. The molecular weight excluding hydrogens is 232 g/mol. The largest absolute Gasteiger partial charge is 0.312 e. The normalized spacial score (nSPS) is 25.2. The third kappa shape index (κ3) is 3.80. The lowest BCUT2D eigenvalue weighted by Crippen LogP contribution is -2.39. The van der Waals surface area contributed by atoms with Crippen LogP contribution in [0.25, 0.3) is 0 Å². The van der Waals surface area contributed by atoms with E-state index in [0.717, 1.165) is 12.0 Å². The zero-order chi connectivity index (χ0) is 13.1. The summed E-state index contributed by atoms with van der Waals surface area (Å²) in [5.74, 6) is 0.972. The fourth-order valence-corrected chi connectivity index (χ4v) is 3.20. The van der Waals surface area contributed by atoms with Crippen LogP contribution in [0.3, 0.4) is 0 Å². The number of aryl methyl sites for hydroxylation is 1. The Hall–Kier alpha value is -0.860. The van der Waals surface area contributed by atoms with Gasteiger partial charge in [-0.3, -0.25) is 0 Å². The van der Waals surface area contributed by atoms with Crippen LogP contribution < -0.4 is 5.32 Å². The van der Waals surface area contributed by atoms with Gasteiger partial charge in [0.15, 0.2) is 0 Å². The molecule has 2 heteroatoms. The number of nitrogens with zero attached hydrogens (tertiary/aromatic N) is 1. The molecule has 1 aliphatic carbocycles. The summed E-state index contributed by atoms with van der Waals surface area (Å²) in [6.45, 7) is 7.14. The molecular formula is C17H26N2. The van der Waals surface area contributed by atoms with Crippen molar-refractivity contribution in [3.05, 3.63) is 35.4 Å². The molecule has 1 atom stereocenters. The van der Waals surface area contributed by atoms with Crippen LogP contribution in [-0.2, 0) is 6.42 Å². The van der Waals surface area contributed by atoms with Gasteiger partial charge in [0.1, 0.15) is 0 Å².